The number of aryl methyl sites for hydroxylation is 1. The zero-order valence-corrected chi connectivity index (χ0v) is 22.2. The molecule has 0 saturated carbocycles. The molecule has 0 N–H and O–H groups in total. The van der Waals surface area contributed by atoms with Crippen molar-refractivity contribution >= 4 is 35.0 Å². The number of piperazine rings is 1. The molecule has 5 nitrogen and oxygen atoms in total. The number of hydrogen-bond acceptors (Lipinski definition) is 2. The van der Waals surface area contributed by atoms with Crippen LogP contribution in [0.3, 0.4) is 0 Å². The molecule has 0 radical (unpaired) electrons. The number of alkyl halides is 1. The van der Waals surface area contributed by atoms with Gasteiger partial charge in [-0.1, -0.05) is 35.9 Å². The molecule has 4 rings (SSSR count). The van der Waals surface area contributed by atoms with Crippen molar-refractivity contribution in [1.29, 1.82) is 0 Å². The molecule has 7 heteroatoms. The number of halogens is 2. The van der Waals surface area contributed by atoms with Crippen LogP contribution in [-0.2, 0) is 4.79 Å². The topological polar surface area (TPSA) is 45.6 Å². The van der Waals surface area contributed by atoms with Crippen LogP contribution < -0.4 is 0 Å². The molecule has 184 valence electrons. The van der Waals surface area contributed by atoms with Gasteiger partial charge in [-0.15, -0.1) is 11.6 Å². The minimum absolute atomic E-state index is 0.0205. The molecule has 2 aromatic carbocycles. The highest BCUT2D eigenvalue weighted by Crippen LogP contribution is 2.32. The maximum atomic E-state index is 13.7. The van der Waals surface area contributed by atoms with Crippen LogP contribution in [0.15, 0.2) is 54.6 Å². The van der Waals surface area contributed by atoms with E-state index in [1.54, 1.807) is 0 Å². The molecule has 2 heterocycles. The summed E-state index contributed by atoms with van der Waals surface area (Å²) >= 11 is 12.1. The molecule has 0 unspecified atom stereocenters. The largest absolute Gasteiger partial charge is 0.339 e. The number of amides is 2. The number of nitrogens with zero attached hydrogens (tertiary/aromatic N) is 3. The molecule has 1 aliphatic rings. The van der Waals surface area contributed by atoms with E-state index in [1.165, 1.54) is 0 Å². The lowest BCUT2D eigenvalue weighted by Crippen LogP contribution is -2.53. The van der Waals surface area contributed by atoms with Gasteiger partial charge in [0, 0.05) is 48.5 Å². The molecule has 1 aliphatic heterocycles. The predicted molar refractivity (Wildman–Crippen MR) is 143 cm³/mol. The van der Waals surface area contributed by atoms with Crippen molar-refractivity contribution in [2.45, 2.75) is 27.7 Å². The van der Waals surface area contributed by atoms with E-state index in [4.69, 9.17) is 23.2 Å². The summed E-state index contributed by atoms with van der Waals surface area (Å²) < 4.78 is 2.13. The first-order valence-corrected chi connectivity index (χ1v) is 12.7. The Morgan fingerprint density at radius 2 is 1.54 bits per heavy atom. The van der Waals surface area contributed by atoms with Gasteiger partial charge in [-0.2, -0.15) is 0 Å². The minimum atomic E-state index is -0.608. The predicted octanol–water partition coefficient (Wildman–Crippen LogP) is 5.96. The second kappa shape index (κ2) is 10.1. The zero-order valence-electron chi connectivity index (χ0n) is 20.6. The summed E-state index contributed by atoms with van der Waals surface area (Å²) in [6.07, 6.45) is 0. The van der Waals surface area contributed by atoms with Gasteiger partial charge in [0.25, 0.3) is 5.91 Å². The van der Waals surface area contributed by atoms with Crippen LogP contribution in [0.25, 0.3) is 16.9 Å². The highest BCUT2D eigenvalue weighted by molar-refractivity contribution is 6.30. The quantitative estimate of drug-likeness (QED) is 0.396. The molecular weight excluding hydrogens is 481 g/mol. The van der Waals surface area contributed by atoms with E-state index in [9.17, 15) is 9.59 Å². The average molecular weight is 512 g/mol. The molecule has 1 fully saturated rings. The molecular formula is C28H31Cl2N3O2. The van der Waals surface area contributed by atoms with E-state index in [2.05, 4.69) is 29.7 Å². The lowest BCUT2D eigenvalue weighted by molar-refractivity contribution is -0.140. The van der Waals surface area contributed by atoms with Gasteiger partial charge in [0.05, 0.1) is 16.7 Å². The molecule has 0 bridgehead atoms. The van der Waals surface area contributed by atoms with Crippen molar-refractivity contribution in [2.24, 2.45) is 5.41 Å². The first kappa shape index (κ1) is 25.3. The number of aromatic nitrogens is 1. The summed E-state index contributed by atoms with van der Waals surface area (Å²) in [5.41, 5.74) is 5.01. The Morgan fingerprint density at radius 1 is 0.914 bits per heavy atom. The molecule has 0 aliphatic carbocycles. The normalized spacial score (nSPS) is 14.3. The maximum Gasteiger partial charge on any atom is 0.255 e. The standard InChI is InChI=1S/C28H31Cl2N3O2/c1-19-6-5-7-23(16-19)33-20(2)24(17-25(33)21-8-10-22(30)11-9-21)26(34)31-12-14-32(15-13-31)27(35)28(3,4)18-29/h5-11,16-17H,12-15,18H2,1-4H3. The Kier molecular flexibility index (Phi) is 7.30. The van der Waals surface area contributed by atoms with E-state index < -0.39 is 5.41 Å². The number of benzene rings is 2. The lowest BCUT2D eigenvalue weighted by Gasteiger charge is -2.38. The average Bonchev–Trinajstić information content (AvgIpc) is 3.20. The van der Waals surface area contributed by atoms with E-state index in [-0.39, 0.29) is 17.7 Å². The van der Waals surface area contributed by atoms with Gasteiger partial charge in [0.15, 0.2) is 0 Å². The van der Waals surface area contributed by atoms with Crippen LogP contribution in [0, 0.1) is 19.3 Å². The fourth-order valence-electron chi connectivity index (χ4n) is 4.52. The third-order valence-electron chi connectivity index (χ3n) is 6.64. The first-order valence-electron chi connectivity index (χ1n) is 11.8. The van der Waals surface area contributed by atoms with Crippen molar-refractivity contribution in [2.75, 3.05) is 32.1 Å². The van der Waals surface area contributed by atoms with Crippen LogP contribution in [-0.4, -0.2) is 58.2 Å². The van der Waals surface area contributed by atoms with Crippen molar-refractivity contribution in [1.82, 2.24) is 14.4 Å². The highest BCUT2D eigenvalue weighted by Gasteiger charge is 2.34. The Hall–Kier alpha value is -2.76. The zero-order chi connectivity index (χ0) is 25.3. The van der Waals surface area contributed by atoms with Crippen molar-refractivity contribution in [3.8, 4) is 16.9 Å². The molecule has 3 aromatic rings. The SMILES string of the molecule is Cc1cccc(-n2c(-c3ccc(Cl)cc3)cc(C(=O)N3CCN(C(=O)C(C)(C)CCl)CC3)c2C)c1. The third kappa shape index (κ3) is 5.12. The van der Waals surface area contributed by atoms with Crippen LogP contribution in [0.4, 0.5) is 0 Å². The highest BCUT2D eigenvalue weighted by atomic mass is 35.5. The Balaban J connectivity index is 1.65. The second-order valence-corrected chi connectivity index (χ2v) is 10.5. The third-order valence-corrected chi connectivity index (χ3v) is 7.56. The number of rotatable bonds is 5. The van der Waals surface area contributed by atoms with E-state index in [0.717, 1.165) is 28.2 Å². The monoisotopic (exact) mass is 511 g/mol. The van der Waals surface area contributed by atoms with Crippen molar-refractivity contribution < 1.29 is 9.59 Å². The summed E-state index contributed by atoms with van der Waals surface area (Å²) in [5, 5.41) is 0.667. The summed E-state index contributed by atoms with van der Waals surface area (Å²) in [6, 6.07) is 17.9. The maximum absolute atomic E-state index is 13.7. The number of carbonyl (C=O) groups is 2. The number of hydrogen-bond donors (Lipinski definition) is 0. The van der Waals surface area contributed by atoms with E-state index >= 15 is 0 Å². The van der Waals surface area contributed by atoms with Crippen LogP contribution >= 0.6 is 23.2 Å². The van der Waals surface area contributed by atoms with Crippen LogP contribution in [0.1, 0.15) is 35.5 Å². The van der Waals surface area contributed by atoms with Gasteiger partial charge in [-0.05, 0) is 69.2 Å². The van der Waals surface area contributed by atoms with Gasteiger partial charge in [-0.3, -0.25) is 9.59 Å². The Bertz CT molecular complexity index is 1240. The summed E-state index contributed by atoms with van der Waals surface area (Å²) in [7, 11) is 0. The van der Waals surface area contributed by atoms with Gasteiger partial charge in [0.2, 0.25) is 5.91 Å². The Labute approximate surface area is 217 Å². The summed E-state index contributed by atoms with van der Waals surface area (Å²) in [5.74, 6) is 0.281. The second-order valence-electron chi connectivity index (χ2n) is 9.81. The van der Waals surface area contributed by atoms with E-state index in [1.807, 2.05) is 67.0 Å². The molecule has 2 amide bonds. The smallest absolute Gasteiger partial charge is 0.255 e. The van der Waals surface area contributed by atoms with Gasteiger partial charge < -0.3 is 14.4 Å². The number of carbonyl (C=O) groups excluding carboxylic acids is 2. The fourth-order valence-corrected chi connectivity index (χ4v) is 4.76. The van der Waals surface area contributed by atoms with Gasteiger partial charge in [0.1, 0.15) is 0 Å². The minimum Gasteiger partial charge on any atom is -0.339 e. The van der Waals surface area contributed by atoms with Crippen molar-refractivity contribution in [3.63, 3.8) is 0 Å². The van der Waals surface area contributed by atoms with Gasteiger partial charge in [-0.25, -0.2) is 0 Å². The first-order chi connectivity index (χ1) is 16.6. The summed E-state index contributed by atoms with van der Waals surface area (Å²) in [6.45, 7) is 9.76. The summed E-state index contributed by atoms with van der Waals surface area (Å²) in [4.78, 5) is 30.1. The fraction of sp³-hybridized carbons (Fsp3) is 0.357. The molecule has 0 spiro atoms. The van der Waals surface area contributed by atoms with E-state index in [0.29, 0.717) is 36.8 Å². The van der Waals surface area contributed by atoms with Crippen LogP contribution in [0.5, 0.6) is 0 Å². The van der Waals surface area contributed by atoms with Crippen molar-refractivity contribution in [3.05, 3.63) is 76.4 Å². The molecule has 1 saturated heterocycles. The molecule has 35 heavy (non-hydrogen) atoms. The molecule has 1 aromatic heterocycles. The Morgan fingerprint density at radius 3 is 2.14 bits per heavy atom. The van der Waals surface area contributed by atoms with Crippen LogP contribution in [0.2, 0.25) is 5.02 Å². The lowest BCUT2D eigenvalue weighted by atomic mass is 9.94. The molecule has 0 atom stereocenters. The van der Waals surface area contributed by atoms with Gasteiger partial charge >= 0.3 is 0 Å².